The van der Waals surface area contributed by atoms with Crippen molar-refractivity contribution in [3.63, 3.8) is 0 Å². The fraction of sp³-hybridized carbons (Fsp3) is 0.133. The van der Waals surface area contributed by atoms with Crippen molar-refractivity contribution < 1.29 is 0 Å². The zero-order valence-electron chi connectivity index (χ0n) is 10.5. The summed E-state index contributed by atoms with van der Waals surface area (Å²) in [6.07, 6.45) is 0.822. The molecule has 3 rings (SSSR count). The van der Waals surface area contributed by atoms with Crippen LogP contribution in [0.1, 0.15) is 12.6 Å². The van der Waals surface area contributed by atoms with E-state index < -0.39 is 0 Å². The number of aryl methyl sites for hydroxylation is 1. The maximum absolute atomic E-state index is 6.02. The highest BCUT2D eigenvalue weighted by atomic mass is 35.5. The van der Waals surface area contributed by atoms with Crippen molar-refractivity contribution in [2.75, 3.05) is 0 Å². The summed E-state index contributed by atoms with van der Waals surface area (Å²) in [6, 6.07) is 13.7. The van der Waals surface area contributed by atoms with E-state index in [1.54, 1.807) is 6.07 Å². The van der Waals surface area contributed by atoms with Crippen LogP contribution in [0.3, 0.4) is 0 Å². The number of rotatable bonds is 2. The average molecular weight is 270 g/mol. The van der Waals surface area contributed by atoms with Crippen molar-refractivity contribution in [2.45, 2.75) is 13.3 Å². The van der Waals surface area contributed by atoms with E-state index in [4.69, 9.17) is 11.6 Å². The summed E-state index contributed by atoms with van der Waals surface area (Å²) in [5.74, 6) is 0.579. The summed E-state index contributed by atoms with van der Waals surface area (Å²) >= 11 is 6.02. The zero-order chi connectivity index (χ0) is 13.2. The number of benzene rings is 1. The average Bonchev–Trinajstić information content (AvgIpc) is 2.46. The molecule has 3 aromatic rings. The summed E-state index contributed by atoms with van der Waals surface area (Å²) in [7, 11) is 0. The van der Waals surface area contributed by atoms with Gasteiger partial charge in [0.1, 0.15) is 10.8 Å². The number of para-hydroxylation sites is 1. The van der Waals surface area contributed by atoms with Gasteiger partial charge in [-0.2, -0.15) is 0 Å². The molecule has 0 atom stereocenters. The maximum atomic E-state index is 6.02. The lowest BCUT2D eigenvalue weighted by Gasteiger charge is -2.04. The molecule has 19 heavy (non-hydrogen) atoms. The van der Waals surface area contributed by atoms with Crippen molar-refractivity contribution in [3.05, 3.63) is 53.3 Å². The molecule has 0 amide bonds. The molecule has 0 radical (unpaired) electrons. The quantitative estimate of drug-likeness (QED) is 0.662. The number of nitrogens with zero attached hydrogens (tertiary/aromatic N) is 3. The van der Waals surface area contributed by atoms with Crippen molar-refractivity contribution in [1.82, 2.24) is 15.0 Å². The Kier molecular flexibility index (Phi) is 3.13. The minimum Gasteiger partial charge on any atom is -0.244 e. The second-order valence-corrected chi connectivity index (χ2v) is 4.64. The van der Waals surface area contributed by atoms with Gasteiger partial charge in [0.2, 0.25) is 0 Å². The van der Waals surface area contributed by atoms with Crippen LogP contribution in [0, 0.1) is 0 Å². The molecular weight excluding hydrogens is 258 g/mol. The third-order valence-corrected chi connectivity index (χ3v) is 3.13. The van der Waals surface area contributed by atoms with Crippen LogP contribution in [0.25, 0.3) is 22.4 Å². The van der Waals surface area contributed by atoms with E-state index in [1.807, 2.05) is 43.3 Å². The SMILES string of the molecule is CCc1cc(Cl)nc(-c2ccc3ccccc3n2)n1. The highest BCUT2D eigenvalue weighted by Gasteiger charge is 2.07. The third kappa shape index (κ3) is 2.42. The minimum atomic E-state index is 0.455. The topological polar surface area (TPSA) is 38.7 Å². The normalized spacial score (nSPS) is 10.8. The Morgan fingerprint density at radius 1 is 1.00 bits per heavy atom. The lowest BCUT2D eigenvalue weighted by Crippen LogP contribution is -1.96. The van der Waals surface area contributed by atoms with Gasteiger partial charge in [-0.3, -0.25) is 0 Å². The second kappa shape index (κ2) is 4.94. The Morgan fingerprint density at radius 2 is 1.84 bits per heavy atom. The molecule has 3 nitrogen and oxygen atoms in total. The Morgan fingerprint density at radius 3 is 2.68 bits per heavy atom. The van der Waals surface area contributed by atoms with Gasteiger partial charge in [-0.15, -0.1) is 0 Å². The highest BCUT2D eigenvalue weighted by molar-refractivity contribution is 6.29. The predicted molar refractivity (Wildman–Crippen MR) is 77.2 cm³/mol. The van der Waals surface area contributed by atoms with Gasteiger partial charge in [0, 0.05) is 11.1 Å². The first kappa shape index (κ1) is 12.1. The molecule has 0 spiro atoms. The molecule has 2 aromatic heterocycles. The Labute approximate surface area is 116 Å². The second-order valence-electron chi connectivity index (χ2n) is 4.25. The van der Waals surface area contributed by atoms with Crippen LogP contribution >= 0.6 is 11.6 Å². The van der Waals surface area contributed by atoms with Crippen LogP contribution in [0.2, 0.25) is 5.15 Å². The van der Waals surface area contributed by atoms with Gasteiger partial charge in [0.15, 0.2) is 5.82 Å². The van der Waals surface area contributed by atoms with Crippen LogP contribution < -0.4 is 0 Å². The number of aromatic nitrogens is 3. The van der Waals surface area contributed by atoms with Crippen LogP contribution in [0.5, 0.6) is 0 Å². The highest BCUT2D eigenvalue weighted by Crippen LogP contribution is 2.20. The van der Waals surface area contributed by atoms with Gasteiger partial charge in [-0.25, -0.2) is 15.0 Å². The molecule has 0 unspecified atom stereocenters. The monoisotopic (exact) mass is 269 g/mol. The van der Waals surface area contributed by atoms with Gasteiger partial charge in [0.05, 0.1) is 5.52 Å². The lowest BCUT2D eigenvalue weighted by atomic mass is 10.2. The molecule has 0 saturated carbocycles. The Balaban J connectivity index is 2.15. The Hall–Kier alpha value is -2.00. The molecule has 1 aromatic carbocycles. The molecule has 0 N–H and O–H groups in total. The molecule has 94 valence electrons. The number of hydrogen-bond acceptors (Lipinski definition) is 3. The zero-order valence-corrected chi connectivity index (χ0v) is 11.2. The molecule has 2 heterocycles. The maximum Gasteiger partial charge on any atom is 0.179 e. The largest absolute Gasteiger partial charge is 0.244 e. The summed E-state index contributed by atoms with van der Waals surface area (Å²) in [5.41, 5.74) is 2.60. The molecule has 0 aliphatic carbocycles. The van der Waals surface area contributed by atoms with Crippen LogP contribution in [0.4, 0.5) is 0 Å². The van der Waals surface area contributed by atoms with Gasteiger partial charge in [0.25, 0.3) is 0 Å². The molecule has 0 saturated heterocycles. The molecule has 4 heteroatoms. The van der Waals surface area contributed by atoms with E-state index in [2.05, 4.69) is 15.0 Å². The fourth-order valence-corrected chi connectivity index (χ4v) is 2.16. The smallest absolute Gasteiger partial charge is 0.179 e. The van der Waals surface area contributed by atoms with Gasteiger partial charge in [-0.1, -0.05) is 42.8 Å². The summed E-state index contributed by atoms with van der Waals surface area (Å²) < 4.78 is 0. The van der Waals surface area contributed by atoms with Crippen LogP contribution in [-0.2, 0) is 6.42 Å². The molecule has 0 fully saturated rings. The number of hydrogen-bond donors (Lipinski definition) is 0. The van der Waals surface area contributed by atoms with E-state index in [9.17, 15) is 0 Å². The minimum absolute atomic E-state index is 0.455. The fourth-order valence-electron chi connectivity index (χ4n) is 1.95. The van der Waals surface area contributed by atoms with Gasteiger partial charge < -0.3 is 0 Å². The van der Waals surface area contributed by atoms with E-state index in [1.165, 1.54) is 0 Å². The van der Waals surface area contributed by atoms with Crippen molar-refractivity contribution in [1.29, 1.82) is 0 Å². The first-order chi connectivity index (χ1) is 9.26. The first-order valence-electron chi connectivity index (χ1n) is 6.16. The van der Waals surface area contributed by atoms with Crippen LogP contribution in [0.15, 0.2) is 42.5 Å². The summed E-state index contributed by atoms with van der Waals surface area (Å²) in [5, 5.41) is 1.56. The van der Waals surface area contributed by atoms with Crippen LogP contribution in [-0.4, -0.2) is 15.0 Å². The van der Waals surface area contributed by atoms with E-state index in [0.717, 1.165) is 28.7 Å². The first-order valence-corrected chi connectivity index (χ1v) is 6.53. The summed E-state index contributed by atoms with van der Waals surface area (Å²) in [6.45, 7) is 2.04. The Bertz CT molecular complexity index is 740. The van der Waals surface area contributed by atoms with Crippen molar-refractivity contribution >= 4 is 22.5 Å². The van der Waals surface area contributed by atoms with Gasteiger partial charge >= 0.3 is 0 Å². The van der Waals surface area contributed by atoms with E-state index >= 15 is 0 Å². The van der Waals surface area contributed by atoms with E-state index in [0.29, 0.717) is 11.0 Å². The molecule has 0 aliphatic heterocycles. The van der Waals surface area contributed by atoms with Crippen molar-refractivity contribution in [3.8, 4) is 11.5 Å². The van der Waals surface area contributed by atoms with Crippen molar-refractivity contribution in [2.24, 2.45) is 0 Å². The standard InChI is InChI=1S/C15H12ClN3/c1-2-11-9-14(16)19-15(17-11)13-8-7-10-5-3-4-6-12(10)18-13/h3-9H,2H2,1H3. The number of halogens is 1. The predicted octanol–water partition coefficient (Wildman–Crippen LogP) is 3.91. The third-order valence-electron chi connectivity index (χ3n) is 2.94. The molecular formula is C15H12ClN3. The number of fused-ring (bicyclic) bond motifs is 1. The molecule has 0 bridgehead atoms. The molecule has 0 aliphatic rings. The van der Waals surface area contributed by atoms with Gasteiger partial charge in [-0.05, 0) is 24.6 Å². The summed E-state index contributed by atoms with van der Waals surface area (Å²) in [4.78, 5) is 13.3. The van der Waals surface area contributed by atoms with E-state index in [-0.39, 0.29) is 0 Å². The lowest BCUT2D eigenvalue weighted by molar-refractivity contribution is 1.000. The number of pyridine rings is 1.